The van der Waals surface area contributed by atoms with Gasteiger partial charge in [0.25, 0.3) is 5.91 Å². The van der Waals surface area contributed by atoms with Gasteiger partial charge in [0.15, 0.2) is 0 Å². The van der Waals surface area contributed by atoms with Crippen LogP contribution in [-0.4, -0.2) is 10.9 Å². The Morgan fingerprint density at radius 2 is 2.19 bits per heavy atom. The van der Waals surface area contributed by atoms with E-state index in [-0.39, 0.29) is 5.91 Å². The molecule has 82 valence electrons. The maximum absolute atomic E-state index is 11.8. The number of aromatic nitrogens is 1. The molecular weight excluding hydrogens is 220 g/mol. The van der Waals surface area contributed by atoms with E-state index in [1.165, 1.54) is 16.9 Å². The summed E-state index contributed by atoms with van der Waals surface area (Å²) in [7, 11) is 0. The summed E-state index contributed by atoms with van der Waals surface area (Å²) in [5.41, 5.74) is 4.76. The van der Waals surface area contributed by atoms with Gasteiger partial charge in [-0.25, -0.2) is 0 Å². The summed E-state index contributed by atoms with van der Waals surface area (Å²) in [5.74, 6) is -0.102. The number of hydrogen-bond acceptors (Lipinski definition) is 3. The number of amides is 1. The van der Waals surface area contributed by atoms with Crippen LogP contribution in [0.1, 0.15) is 20.8 Å². The van der Waals surface area contributed by atoms with E-state index < -0.39 is 0 Å². The first-order chi connectivity index (χ1) is 7.66. The molecule has 1 aromatic carbocycles. The minimum absolute atomic E-state index is 0.102. The van der Waals surface area contributed by atoms with Crippen LogP contribution in [0, 0.1) is 13.8 Å². The fourth-order valence-electron chi connectivity index (χ4n) is 1.47. The number of carbonyl (C=O) groups is 1. The molecule has 1 heterocycles. The Balaban J connectivity index is 2.18. The normalized spacial score (nSPS) is 10.1. The zero-order chi connectivity index (χ0) is 11.5. The lowest BCUT2D eigenvalue weighted by Gasteiger charge is -2.07. The average Bonchev–Trinajstić information content (AvgIpc) is 2.75. The number of benzene rings is 1. The molecule has 0 unspecified atom stereocenters. The Hall–Kier alpha value is -1.68. The summed E-state index contributed by atoms with van der Waals surface area (Å²) in [4.78, 5) is 16.3. The minimum atomic E-state index is -0.102. The average molecular weight is 232 g/mol. The lowest BCUT2D eigenvalue weighted by atomic mass is 10.1. The largest absolute Gasteiger partial charge is 0.321 e. The van der Waals surface area contributed by atoms with Crippen molar-refractivity contribution in [3.8, 4) is 0 Å². The van der Waals surface area contributed by atoms with E-state index in [2.05, 4.69) is 10.3 Å². The van der Waals surface area contributed by atoms with Crippen molar-refractivity contribution in [2.75, 3.05) is 5.32 Å². The SMILES string of the molecule is Cc1ccc(NC(=O)c2cncs2)c(C)c1. The van der Waals surface area contributed by atoms with E-state index in [0.29, 0.717) is 4.88 Å². The van der Waals surface area contributed by atoms with Crippen molar-refractivity contribution in [1.29, 1.82) is 0 Å². The van der Waals surface area contributed by atoms with Crippen LogP contribution in [0.2, 0.25) is 0 Å². The molecule has 0 bridgehead atoms. The van der Waals surface area contributed by atoms with Crippen molar-refractivity contribution in [3.63, 3.8) is 0 Å². The minimum Gasteiger partial charge on any atom is -0.321 e. The molecule has 0 atom stereocenters. The van der Waals surface area contributed by atoms with Crippen molar-refractivity contribution < 1.29 is 4.79 Å². The Morgan fingerprint density at radius 1 is 1.38 bits per heavy atom. The number of carbonyl (C=O) groups excluding carboxylic acids is 1. The first kappa shape index (κ1) is 10.8. The molecule has 0 fully saturated rings. The molecule has 0 saturated carbocycles. The van der Waals surface area contributed by atoms with Crippen LogP contribution < -0.4 is 5.32 Å². The third kappa shape index (κ3) is 2.28. The Labute approximate surface area is 98.2 Å². The van der Waals surface area contributed by atoms with Gasteiger partial charge in [-0.05, 0) is 25.5 Å². The zero-order valence-corrected chi connectivity index (χ0v) is 9.97. The fraction of sp³-hybridized carbons (Fsp3) is 0.167. The predicted molar refractivity (Wildman–Crippen MR) is 66.0 cm³/mol. The summed E-state index contributed by atoms with van der Waals surface area (Å²) >= 11 is 1.34. The second-order valence-electron chi connectivity index (χ2n) is 3.64. The highest BCUT2D eigenvalue weighted by atomic mass is 32.1. The molecule has 1 aromatic heterocycles. The topological polar surface area (TPSA) is 42.0 Å². The van der Waals surface area contributed by atoms with Crippen molar-refractivity contribution in [2.24, 2.45) is 0 Å². The van der Waals surface area contributed by atoms with Crippen molar-refractivity contribution in [1.82, 2.24) is 4.98 Å². The zero-order valence-electron chi connectivity index (χ0n) is 9.15. The van der Waals surface area contributed by atoms with Gasteiger partial charge in [-0.15, -0.1) is 11.3 Å². The smallest absolute Gasteiger partial charge is 0.267 e. The maximum Gasteiger partial charge on any atom is 0.267 e. The summed E-state index contributed by atoms with van der Waals surface area (Å²) in [6.45, 7) is 4.01. The van der Waals surface area contributed by atoms with Gasteiger partial charge in [0, 0.05) is 5.69 Å². The first-order valence-corrected chi connectivity index (χ1v) is 5.82. The molecule has 2 aromatic rings. The van der Waals surface area contributed by atoms with Gasteiger partial charge in [0.2, 0.25) is 0 Å². The molecule has 0 aliphatic heterocycles. The summed E-state index contributed by atoms with van der Waals surface area (Å²) < 4.78 is 0. The van der Waals surface area contributed by atoms with Gasteiger partial charge in [0.1, 0.15) is 4.88 Å². The monoisotopic (exact) mass is 232 g/mol. The molecule has 0 saturated heterocycles. The fourth-order valence-corrected chi connectivity index (χ4v) is 1.98. The Kier molecular flexibility index (Phi) is 3.01. The highest BCUT2D eigenvalue weighted by Gasteiger charge is 2.08. The molecule has 4 heteroatoms. The number of hydrogen-bond donors (Lipinski definition) is 1. The number of rotatable bonds is 2. The van der Waals surface area contributed by atoms with Crippen molar-refractivity contribution in [3.05, 3.63) is 45.9 Å². The summed E-state index contributed by atoms with van der Waals surface area (Å²) in [5, 5.41) is 2.87. The van der Waals surface area contributed by atoms with Crippen LogP contribution in [0.25, 0.3) is 0 Å². The molecular formula is C12H12N2OS. The number of nitrogens with one attached hydrogen (secondary N) is 1. The Bertz CT molecular complexity index is 506. The molecule has 1 N–H and O–H groups in total. The molecule has 16 heavy (non-hydrogen) atoms. The van der Waals surface area contributed by atoms with E-state index in [1.807, 2.05) is 32.0 Å². The molecule has 1 amide bonds. The molecule has 3 nitrogen and oxygen atoms in total. The molecule has 2 rings (SSSR count). The molecule has 0 radical (unpaired) electrons. The van der Waals surface area contributed by atoms with Gasteiger partial charge in [-0.1, -0.05) is 17.7 Å². The summed E-state index contributed by atoms with van der Waals surface area (Å²) in [6, 6.07) is 5.95. The predicted octanol–water partition coefficient (Wildman–Crippen LogP) is 3.01. The quantitative estimate of drug-likeness (QED) is 0.864. The van der Waals surface area contributed by atoms with Gasteiger partial charge < -0.3 is 5.32 Å². The van der Waals surface area contributed by atoms with E-state index in [0.717, 1.165) is 11.3 Å². The molecule has 0 spiro atoms. The summed E-state index contributed by atoms with van der Waals surface area (Å²) in [6.07, 6.45) is 1.57. The van der Waals surface area contributed by atoms with Crippen LogP contribution in [0.3, 0.4) is 0 Å². The molecule has 0 aliphatic rings. The highest BCUT2D eigenvalue weighted by molar-refractivity contribution is 7.11. The van der Waals surface area contributed by atoms with Gasteiger partial charge in [-0.3, -0.25) is 9.78 Å². The van der Waals surface area contributed by atoms with Crippen LogP contribution in [0.4, 0.5) is 5.69 Å². The number of nitrogens with zero attached hydrogens (tertiary/aromatic N) is 1. The molecule has 0 aliphatic carbocycles. The maximum atomic E-state index is 11.8. The number of aryl methyl sites for hydroxylation is 2. The number of thiazole rings is 1. The second kappa shape index (κ2) is 4.45. The first-order valence-electron chi connectivity index (χ1n) is 4.94. The van der Waals surface area contributed by atoms with Crippen LogP contribution in [0.5, 0.6) is 0 Å². The van der Waals surface area contributed by atoms with Crippen LogP contribution in [0.15, 0.2) is 29.9 Å². The van der Waals surface area contributed by atoms with Crippen molar-refractivity contribution >= 4 is 22.9 Å². The Morgan fingerprint density at radius 3 is 2.81 bits per heavy atom. The van der Waals surface area contributed by atoms with Gasteiger partial charge in [0.05, 0.1) is 11.7 Å². The lowest BCUT2D eigenvalue weighted by Crippen LogP contribution is -2.11. The van der Waals surface area contributed by atoms with E-state index in [1.54, 1.807) is 11.7 Å². The number of anilines is 1. The third-order valence-corrected chi connectivity index (χ3v) is 3.06. The van der Waals surface area contributed by atoms with E-state index in [4.69, 9.17) is 0 Å². The lowest BCUT2D eigenvalue weighted by molar-refractivity contribution is 0.103. The van der Waals surface area contributed by atoms with E-state index >= 15 is 0 Å². The third-order valence-electron chi connectivity index (χ3n) is 2.29. The van der Waals surface area contributed by atoms with Crippen molar-refractivity contribution in [2.45, 2.75) is 13.8 Å². The van der Waals surface area contributed by atoms with Gasteiger partial charge in [-0.2, -0.15) is 0 Å². The van der Waals surface area contributed by atoms with Gasteiger partial charge >= 0.3 is 0 Å². The standard InChI is InChI=1S/C12H12N2OS/c1-8-3-4-10(9(2)5-8)14-12(15)11-6-13-7-16-11/h3-7H,1-2H3,(H,14,15). The van der Waals surface area contributed by atoms with E-state index in [9.17, 15) is 4.79 Å². The highest BCUT2D eigenvalue weighted by Crippen LogP contribution is 2.17. The second-order valence-corrected chi connectivity index (χ2v) is 4.52. The van der Waals surface area contributed by atoms with Crippen LogP contribution >= 0.6 is 11.3 Å². The van der Waals surface area contributed by atoms with Crippen LogP contribution in [-0.2, 0) is 0 Å².